The molecule has 3 aromatic carbocycles. The first-order valence-electron chi connectivity index (χ1n) is 8.37. The Bertz CT molecular complexity index is 860. The van der Waals surface area contributed by atoms with Gasteiger partial charge < -0.3 is 10.1 Å². The minimum Gasteiger partial charge on any atom is -0.489 e. The Hall–Kier alpha value is -2.45. The average molecular weight is 352 g/mol. The lowest BCUT2D eigenvalue weighted by Crippen LogP contribution is -2.01. The van der Waals surface area contributed by atoms with Crippen LogP contribution < -0.4 is 10.1 Å². The SMILES string of the molecule is Cc1cccc(COc2cccc(CNc3ccc(C)c(Cl)c3)c2)c1. The molecule has 0 heterocycles. The van der Waals surface area contributed by atoms with Gasteiger partial charge in [0.15, 0.2) is 0 Å². The highest BCUT2D eigenvalue weighted by Crippen LogP contribution is 2.21. The zero-order valence-corrected chi connectivity index (χ0v) is 15.3. The molecule has 2 nitrogen and oxygen atoms in total. The molecule has 0 aliphatic rings. The van der Waals surface area contributed by atoms with Gasteiger partial charge >= 0.3 is 0 Å². The van der Waals surface area contributed by atoms with E-state index in [9.17, 15) is 0 Å². The van der Waals surface area contributed by atoms with Crippen molar-refractivity contribution in [1.29, 1.82) is 0 Å². The van der Waals surface area contributed by atoms with Crippen LogP contribution >= 0.6 is 11.6 Å². The van der Waals surface area contributed by atoms with Gasteiger partial charge in [0, 0.05) is 17.3 Å². The third-order valence-electron chi connectivity index (χ3n) is 4.05. The van der Waals surface area contributed by atoms with Crippen LogP contribution in [0.15, 0.2) is 66.7 Å². The first-order valence-corrected chi connectivity index (χ1v) is 8.75. The maximum Gasteiger partial charge on any atom is 0.120 e. The summed E-state index contributed by atoms with van der Waals surface area (Å²) in [4.78, 5) is 0. The first-order chi connectivity index (χ1) is 12.1. The van der Waals surface area contributed by atoms with E-state index >= 15 is 0 Å². The van der Waals surface area contributed by atoms with Crippen molar-refractivity contribution in [3.05, 3.63) is 94.0 Å². The fourth-order valence-electron chi connectivity index (χ4n) is 2.62. The Labute approximate surface area is 154 Å². The molecular weight excluding hydrogens is 330 g/mol. The number of rotatable bonds is 6. The van der Waals surface area contributed by atoms with E-state index in [4.69, 9.17) is 16.3 Å². The summed E-state index contributed by atoms with van der Waals surface area (Å²) in [6.45, 7) is 5.39. The molecule has 0 fully saturated rings. The monoisotopic (exact) mass is 351 g/mol. The molecule has 0 amide bonds. The van der Waals surface area contributed by atoms with Crippen LogP contribution in [0.2, 0.25) is 5.02 Å². The van der Waals surface area contributed by atoms with Gasteiger partial charge in [-0.05, 0) is 54.8 Å². The van der Waals surface area contributed by atoms with Crippen LogP contribution in [0.25, 0.3) is 0 Å². The normalized spacial score (nSPS) is 10.5. The summed E-state index contributed by atoms with van der Waals surface area (Å²) in [6, 6.07) is 22.5. The molecule has 1 N–H and O–H groups in total. The molecule has 128 valence electrons. The van der Waals surface area contributed by atoms with E-state index in [1.54, 1.807) is 0 Å². The van der Waals surface area contributed by atoms with Gasteiger partial charge in [-0.1, -0.05) is 59.6 Å². The van der Waals surface area contributed by atoms with E-state index in [1.165, 1.54) is 16.7 Å². The zero-order chi connectivity index (χ0) is 17.6. The molecule has 0 aliphatic carbocycles. The zero-order valence-electron chi connectivity index (χ0n) is 14.6. The summed E-state index contributed by atoms with van der Waals surface area (Å²) in [6.07, 6.45) is 0. The Morgan fingerprint density at radius 1 is 0.880 bits per heavy atom. The van der Waals surface area contributed by atoms with Gasteiger partial charge in [-0.2, -0.15) is 0 Å². The second kappa shape index (κ2) is 8.09. The van der Waals surface area contributed by atoms with Crippen LogP contribution in [0.5, 0.6) is 5.75 Å². The fourth-order valence-corrected chi connectivity index (χ4v) is 2.80. The second-order valence-electron chi connectivity index (χ2n) is 6.24. The minimum atomic E-state index is 0.576. The molecule has 0 aliphatic heterocycles. The van der Waals surface area contributed by atoms with Crippen LogP contribution in [-0.2, 0) is 13.2 Å². The summed E-state index contributed by atoms with van der Waals surface area (Å²) in [5, 5.41) is 4.18. The maximum atomic E-state index is 6.17. The van der Waals surface area contributed by atoms with E-state index in [0.29, 0.717) is 6.61 Å². The van der Waals surface area contributed by atoms with Crippen LogP contribution in [0.4, 0.5) is 5.69 Å². The van der Waals surface area contributed by atoms with Crippen LogP contribution in [0.1, 0.15) is 22.3 Å². The third kappa shape index (κ3) is 5.01. The number of halogens is 1. The van der Waals surface area contributed by atoms with E-state index < -0.39 is 0 Å². The van der Waals surface area contributed by atoms with E-state index in [1.807, 2.05) is 37.3 Å². The van der Waals surface area contributed by atoms with Crippen molar-refractivity contribution in [1.82, 2.24) is 0 Å². The van der Waals surface area contributed by atoms with Crippen molar-refractivity contribution >= 4 is 17.3 Å². The topological polar surface area (TPSA) is 21.3 Å². The number of nitrogens with one attached hydrogen (secondary N) is 1. The Balaban J connectivity index is 1.60. The molecule has 3 aromatic rings. The molecule has 25 heavy (non-hydrogen) atoms. The molecule has 0 unspecified atom stereocenters. The number of benzene rings is 3. The highest BCUT2D eigenvalue weighted by Gasteiger charge is 2.01. The van der Waals surface area contributed by atoms with Gasteiger partial charge in [0.1, 0.15) is 12.4 Å². The molecule has 0 saturated heterocycles. The van der Waals surface area contributed by atoms with Crippen LogP contribution in [-0.4, -0.2) is 0 Å². The number of hydrogen-bond donors (Lipinski definition) is 1. The first kappa shape index (κ1) is 17.4. The maximum absolute atomic E-state index is 6.17. The molecule has 0 spiro atoms. The highest BCUT2D eigenvalue weighted by molar-refractivity contribution is 6.31. The smallest absolute Gasteiger partial charge is 0.120 e. The van der Waals surface area contributed by atoms with Crippen molar-refractivity contribution in [2.24, 2.45) is 0 Å². The number of ether oxygens (including phenoxy) is 1. The molecular formula is C22H22ClNO. The van der Waals surface area contributed by atoms with E-state index in [0.717, 1.165) is 28.6 Å². The summed E-state index contributed by atoms with van der Waals surface area (Å²) in [5.41, 5.74) is 5.69. The lowest BCUT2D eigenvalue weighted by atomic mass is 10.1. The number of hydrogen-bond acceptors (Lipinski definition) is 2. The highest BCUT2D eigenvalue weighted by atomic mass is 35.5. The van der Waals surface area contributed by atoms with Crippen molar-refractivity contribution in [3.63, 3.8) is 0 Å². The summed E-state index contributed by atoms with van der Waals surface area (Å²) >= 11 is 6.17. The van der Waals surface area contributed by atoms with Crippen molar-refractivity contribution < 1.29 is 4.74 Å². The second-order valence-corrected chi connectivity index (χ2v) is 6.65. The predicted molar refractivity (Wildman–Crippen MR) is 105 cm³/mol. The van der Waals surface area contributed by atoms with Gasteiger partial charge in [-0.25, -0.2) is 0 Å². The predicted octanol–water partition coefficient (Wildman–Crippen LogP) is 6.15. The molecule has 3 rings (SSSR count). The molecule has 0 saturated carbocycles. The van der Waals surface area contributed by atoms with Crippen molar-refractivity contribution in [2.45, 2.75) is 27.0 Å². The largest absolute Gasteiger partial charge is 0.489 e. The Morgan fingerprint density at radius 3 is 2.48 bits per heavy atom. The quantitative estimate of drug-likeness (QED) is 0.575. The number of anilines is 1. The summed E-state index contributed by atoms with van der Waals surface area (Å²) in [7, 11) is 0. The minimum absolute atomic E-state index is 0.576. The van der Waals surface area contributed by atoms with E-state index in [2.05, 4.69) is 48.6 Å². The summed E-state index contributed by atoms with van der Waals surface area (Å²) in [5.74, 6) is 0.878. The van der Waals surface area contributed by atoms with Crippen LogP contribution in [0, 0.1) is 13.8 Å². The standard InChI is InChI=1S/C22H22ClNO/c1-16-5-3-7-19(11-16)15-25-21-8-4-6-18(12-21)14-24-20-10-9-17(2)22(23)13-20/h3-13,24H,14-15H2,1-2H3. The lowest BCUT2D eigenvalue weighted by Gasteiger charge is -2.11. The molecule has 0 aromatic heterocycles. The van der Waals surface area contributed by atoms with Gasteiger partial charge in [0.25, 0.3) is 0 Å². The molecule has 0 atom stereocenters. The van der Waals surface area contributed by atoms with Crippen molar-refractivity contribution in [2.75, 3.05) is 5.32 Å². The Morgan fingerprint density at radius 2 is 1.68 bits per heavy atom. The fraction of sp³-hybridized carbons (Fsp3) is 0.182. The van der Waals surface area contributed by atoms with Gasteiger partial charge in [0.2, 0.25) is 0 Å². The van der Waals surface area contributed by atoms with E-state index in [-0.39, 0.29) is 0 Å². The third-order valence-corrected chi connectivity index (χ3v) is 4.46. The van der Waals surface area contributed by atoms with Gasteiger partial charge in [-0.15, -0.1) is 0 Å². The lowest BCUT2D eigenvalue weighted by molar-refractivity contribution is 0.306. The molecule has 3 heteroatoms. The Kier molecular flexibility index (Phi) is 5.62. The van der Waals surface area contributed by atoms with Crippen molar-refractivity contribution in [3.8, 4) is 5.75 Å². The van der Waals surface area contributed by atoms with Gasteiger partial charge in [0.05, 0.1) is 0 Å². The molecule has 0 bridgehead atoms. The number of aryl methyl sites for hydroxylation is 2. The van der Waals surface area contributed by atoms with Gasteiger partial charge in [-0.3, -0.25) is 0 Å². The average Bonchev–Trinajstić information content (AvgIpc) is 2.61. The molecule has 0 radical (unpaired) electrons. The summed E-state index contributed by atoms with van der Waals surface area (Å²) < 4.78 is 5.93. The van der Waals surface area contributed by atoms with Crippen LogP contribution in [0.3, 0.4) is 0 Å².